The number of nitrogens with one attached hydrogen (secondary N) is 2. The summed E-state index contributed by atoms with van der Waals surface area (Å²) >= 11 is 3.06. The van der Waals surface area contributed by atoms with Crippen molar-refractivity contribution in [3.8, 4) is 0 Å². The van der Waals surface area contributed by atoms with Crippen molar-refractivity contribution in [1.29, 1.82) is 0 Å². The summed E-state index contributed by atoms with van der Waals surface area (Å²) in [6.07, 6.45) is 0.599. The van der Waals surface area contributed by atoms with Crippen molar-refractivity contribution in [3.63, 3.8) is 0 Å². The van der Waals surface area contributed by atoms with Crippen molar-refractivity contribution in [3.05, 3.63) is 0 Å². The number of amides is 2. The highest BCUT2D eigenvalue weighted by Gasteiger charge is 2.54. The highest BCUT2D eigenvalue weighted by atomic mass is 79.9. The fourth-order valence-corrected chi connectivity index (χ4v) is 3.16. The molecule has 0 radical (unpaired) electrons. The van der Waals surface area contributed by atoms with E-state index in [1.54, 1.807) is 0 Å². The van der Waals surface area contributed by atoms with Crippen molar-refractivity contribution < 1.29 is 19.5 Å². The second kappa shape index (κ2) is 8.41. The number of alkyl halides is 1. The zero-order valence-corrected chi connectivity index (χ0v) is 15.9. The van der Waals surface area contributed by atoms with Gasteiger partial charge >= 0.3 is 0 Å². The van der Waals surface area contributed by atoms with E-state index in [9.17, 15) is 14.8 Å². The van der Waals surface area contributed by atoms with Gasteiger partial charge in [0.05, 0.1) is 30.0 Å². The summed E-state index contributed by atoms with van der Waals surface area (Å²) in [5.74, 6) is -0.432. The molecule has 1 saturated heterocycles. The molecule has 0 aliphatic carbocycles. The number of halogens is 1. The molecule has 8 heteroatoms. The molecule has 134 valence electrons. The minimum Gasteiger partial charge on any atom is -0.378 e. The molecule has 1 aliphatic rings. The number of carbonyl (C=O) groups excluding carboxylic acids is 2. The van der Waals surface area contributed by atoms with Gasteiger partial charge < -0.3 is 20.6 Å². The van der Waals surface area contributed by atoms with Crippen molar-refractivity contribution in [2.24, 2.45) is 5.92 Å². The van der Waals surface area contributed by atoms with Crippen molar-refractivity contribution in [1.82, 2.24) is 15.7 Å². The van der Waals surface area contributed by atoms with Gasteiger partial charge in [-0.1, -0.05) is 15.9 Å². The highest BCUT2D eigenvalue weighted by Crippen LogP contribution is 2.43. The molecule has 0 aromatic heterocycles. The lowest BCUT2D eigenvalue weighted by Gasteiger charge is -2.35. The molecule has 1 unspecified atom stereocenters. The second-order valence-electron chi connectivity index (χ2n) is 6.92. The summed E-state index contributed by atoms with van der Waals surface area (Å²) in [6.45, 7) is 9.23. The normalized spacial score (nSPS) is 22.8. The van der Waals surface area contributed by atoms with E-state index < -0.39 is 11.1 Å². The SMILES string of the molecule is CC1(C)CC(C(=O)NCCOCCNC(=O)CBr)C(C)(C)N1O. The van der Waals surface area contributed by atoms with Crippen LogP contribution in [0.25, 0.3) is 0 Å². The van der Waals surface area contributed by atoms with Gasteiger partial charge in [0.2, 0.25) is 11.8 Å². The van der Waals surface area contributed by atoms with E-state index in [1.165, 1.54) is 5.06 Å². The summed E-state index contributed by atoms with van der Waals surface area (Å²) in [5, 5.41) is 17.3. The average molecular weight is 394 g/mol. The van der Waals surface area contributed by atoms with Crippen molar-refractivity contribution >= 4 is 27.7 Å². The average Bonchev–Trinajstić information content (AvgIpc) is 2.65. The van der Waals surface area contributed by atoms with Gasteiger partial charge in [0.25, 0.3) is 0 Å². The number of hydrogen-bond donors (Lipinski definition) is 3. The molecule has 3 N–H and O–H groups in total. The lowest BCUT2D eigenvalue weighted by atomic mass is 9.86. The van der Waals surface area contributed by atoms with Crippen LogP contribution >= 0.6 is 15.9 Å². The van der Waals surface area contributed by atoms with E-state index in [-0.39, 0.29) is 23.1 Å². The maximum Gasteiger partial charge on any atom is 0.230 e. The Bertz CT molecular complexity index is 429. The fraction of sp³-hybridized carbons (Fsp3) is 0.867. The van der Waals surface area contributed by atoms with Crippen LogP contribution in [-0.4, -0.2) is 64.8 Å². The van der Waals surface area contributed by atoms with Crippen LogP contribution in [0.3, 0.4) is 0 Å². The minimum absolute atomic E-state index is 0.0733. The molecule has 1 fully saturated rings. The van der Waals surface area contributed by atoms with Crippen LogP contribution in [0.1, 0.15) is 34.1 Å². The molecule has 1 heterocycles. The number of ether oxygens (including phenoxy) is 1. The van der Waals surface area contributed by atoms with Gasteiger partial charge in [-0.2, -0.15) is 5.06 Å². The van der Waals surface area contributed by atoms with Gasteiger partial charge in [-0.3, -0.25) is 9.59 Å². The molecule has 0 aromatic rings. The van der Waals surface area contributed by atoms with Crippen LogP contribution in [0.5, 0.6) is 0 Å². The first-order valence-corrected chi connectivity index (χ1v) is 8.92. The third kappa shape index (κ3) is 5.41. The smallest absolute Gasteiger partial charge is 0.230 e. The third-order valence-electron chi connectivity index (χ3n) is 4.23. The number of hydroxylamine groups is 2. The summed E-state index contributed by atoms with van der Waals surface area (Å²) in [5.41, 5.74) is -1.02. The van der Waals surface area contributed by atoms with Crippen LogP contribution in [0, 0.1) is 5.92 Å². The molecular formula is C15H28BrN3O4. The number of hydrogen-bond acceptors (Lipinski definition) is 5. The Morgan fingerprint density at radius 1 is 1.22 bits per heavy atom. The number of carbonyl (C=O) groups is 2. The first kappa shape index (κ1) is 20.3. The predicted molar refractivity (Wildman–Crippen MR) is 90.5 cm³/mol. The van der Waals surface area contributed by atoms with Crippen molar-refractivity contribution in [2.45, 2.75) is 45.2 Å². The van der Waals surface area contributed by atoms with Crippen LogP contribution in [0.15, 0.2) is 0 Å². The van der Waals surface area contributed by atoms with Gasteiger partial charge in [-0.25, -0.2) is 0 Å². The van der Waals surface area contributed by atoms with Crippen molar-refractivity contribution in [2.75, 3.05) is 31.6 Å². The lowest BCUT2D eigenvalue weighted by Crippen LogP contribution is -2.50. The maximum atomic E-state index is 12.3. The largest absolute Gasteiger partial charge is 0.378 e. The van der Waals surface area contributed by atoms with E-state index in [4.69, 9.17) is 4.74 Å². The van der Waals surface area contributed by atoms with Gasteiger partial charge in [-0.15, -0.1) is 0 Å². The van der Waals surface area contributed by atoms with E-state index >= 15 is 0 Å². The first-order chi connectivity index (χ1) is 10.6. The summed E-state index contributed by atoms with van der Waals surface area (Å²) in [7, 11) is 0. The van der Waals surface area contributed by atoms with Crippen LogP contribution < -0.4 is 10.6 Å². The molecule has 0 bridgehead atoms. The lowest BCUT2D eigenvalue weighted by molar-refractivity contribution is -0.197. The van der Waals surface area contributed by atoms with Gasteiger partial charge in [0.1, 0.15) is 0 Å². The van der Waals surface area contributed by atoms with Crippen LogP contribution in [0.2, 0.25) is 0 Å². The van der Waals surface area contributed by atoms with E-state index in [1.807, 2.05) is 27.7 Å². The Hall–Kier alpha value is -0.700. The molecular weight excluding hydrogens is 366 g/mol. The molecule has 1 rings (SSSR count). The van der Waals surface area contributed by atoms with Gasteiger partial charge in [0, 0.05) is 18.6 Å². The molecule has 0 aromatic carbocycles. The second-order valence-corrected chi connectivity index (χ2v) is 7.48. The van der Waals surface area contributed by atoms with E-state index in [2.05, 4.69) is 26.6 Å². The van der Waals surface area contributed by atoms with Crippen LogP contribution in [0.4, 0.5) is 0 Å². The maximum absolute atomic E-state index is 12.3. The summed E-state index contributed by atoms with van der Waals surface area (Å²) < 4.78 is 5.35. The highest BCUT2D eigenvalue weighted by molar-refractivity contribution is 9.09. The van der Waals surface area contributed by atoms with Gasteiger partial charge in [-0.05, 0) is 34.1 Å². The number of nitrogens with zero attached hydrogens (tertiary/aromatic N) is 1. The topological polar surface area (TPSA) is 90.9 Å². The van der Waals surface area contributed by atoms with E-state index in [0.29, 0.717) is 32.7 Å². The summed E-state index contributed by atoms with van der Waals surface area (Å²) in [6, 6.07) is 0. The molecule has 1 aliphatic heterocycles. The molecule has 23 heavy (non-hydrogen) atoms. The monoisotopic (exact) mass is 393 g/mol. The molecule has 7 nitrogen and oxygen atoms in total. The number of rotatable bonds is 8. The van der Waals surface area contributed by atoms with Crippen LogP contribution in [-0.2, 0) is 14.3 Å². The fourth-order valence-electron chi connectivity index (χ4n) is 2.96. The zero-order valence-electron chi connectivity index (χ0n) is 14.3. The Balaban J connectivity index is 2.26. The zero-order chi connectivity index (χ0) is 17.7. The summed E-state index contributed by atoms with van der Waals surface area (Å²) in [4.78, 5) is 23.3. The Kier molecular flexibility index (Phi) is 7.44. The van der Waals surface area contributed by atoms with Gasteiger partial charge in [0.15, 0.2) is 0 Å². The third-order valence-corrected chi connectivity index (χ3v) is 4.74. The van der Waals surface area contributed by atoms with E-state index in [0.717, 1.165) is 0 Å². The Labute approximate surface area is 146 Å². The molecule has 1 atom stereocenters. The Morgan fingerprint density at radius 2 is 1.78 bits per heavy atom. The first-order valence-electron chi connectivity index (χ1n) is 7.80. The molecule has 0 saturated carbocycles. The predicted octanol–water partition coefficient (Wildman–Crippen LogP) is 0.899. The molecule has 0 spiro atoms. The molecule has 2 amide bonds. The standard InChI is InChI=1S/C15H28BrN3O4/c1-14(2)9-11(15(3,4)19(14)22)13(21)18-6-8-23-7-5-17-12(20)10-16/h11,22H,5-10H2,1-4H3,(H,17,20)(H,18,21). The Morgan fingerprint density at radius 3 is 2.26 bits per heavy atom. The minimum atomic E-state index is -0.603. The quantitative estimate of drug-likeness (QED) is 0.420.